The van der Waals surface area contributed by atoms with Crippen LogP contribution in [0.15, 0.2) is 24.4 Å². The third-order valence-corrected chi connectivity index (χ3v) is 2.76. The highest BCUT2D eigenvalue weighted by molar-refractivity contribution is 5.86. The van der Waals surface area contributed by atoms with Gasteiger partial charge >= 0.3 is 0 Å². The van der Waals surface area contributed by atoms with E-state index < -0.39 is 5.92 Å². The van der Waals surface area contributed by atoms with Crippen molar-refractivity contribution < 1.29 is 8.78 Å². The zero-order valence-corrected chi connectivity index (χ0v) is 8.90. The zero-order valence-electron chi connectivity index (χ0n) is 8.90. The lowest BCUT2D eigenvalue weighted by Gasteiger charge is -2.39. The van der Waals surface area contributed by atoms with E-state index in [1.54, 1.807) is 18.2 Å². The number of rotatable bonds is 1. The van der Waals surface area contributed by atoms with E-state index in [-0.39, 0.29) is 13.1 Å². The Morgan fingerprint density at radius 1 is 1.29 bits per heavy atom. The highest BCUT2D eigenvalue weighted by Gasteiger charge is 2.44. The maximum absolute atomic E-state index is 12.7. The monoisotopic (exact) mass is 236 g/mol. The van der Waals surface area contributed by atoms with Crippen LogP contribution in [-0.2, 0) is 0 Å². The van der Waals surface area contributed by atoms with Gasteiger partial charge in [0, 0.05) is 0 Å². The molecule has 0 aliphatic carbocycles. The van der Waals surface area contributed by atoms with Crippen LogP contribution in [0.25, 0.3) is 11.0 Å². The Bertz CT molecular complexity index is 577. The van der Waals surface area contributed by atoms with Crippen LogP contribution in [0.4, 0.5) is 20.3 Å². The molecule has 0 amide bonds. The van der Waals surface area contributed by atoms with Crippen molar-refractivity contribution in [3.63, 3.8) is 0 Å². The Labute approximate surface area is 96.1 Å². The van der Waals surface area contributed by atoms with Gasteiger partial charge in [-0.25, -0.2) is 18.7 Å². The molecule has 1 aromatic carbocycles. The van der Waals surface area contributed by atoms with E-state index >= 15 is 0 Å². The minimum atomic E-state index is -2.60. The average molecular weight is 236 g/mol. The van der Waals surface area contributed by atoms with Gasteiger partial charge in [0.1, 0.15) is 11.3 Å². The number of nitrogens with zero attached hydrogens (tertiary/aromatic N) is 3. The van der Waals surface area contributed by atoms with Crippen molar-refractivity contribution in [1.82, 2.24) is 9.97 Å². The Kier molecular flexibility index (Phi) is 1.95. The van der Waals surface area contributed by atoms with Gasteiger partial charge in [0.2, 0.25) is 0 Å². The van der Waals surface area contributed by atoms with Crippen LogP contribution in [0.2, 0.25) is 0 Å². The molecule has 3 rings (SSSR count). The molecule has 17 heavy (non-hydrogen) atoms. The Balaban J connectivity index is 1.98. The van der Waals surface area contributed by atoms with Crippen molar-refractivity contribution in [3.05, 3.63) is 24.4 Å². The van der Waals surface area contributed by atoms with Crippen LogP contribution in [-0.4, -0.2) is 29.0 Å². The van der Waals surface area contributed by atoms with Crippen molar-refractivity contribution in [2.75, 3.05) is 23.7 Å². The van der Waals surface area contributed by atoms with Crippen LogP contribution in [0.3, 0.4) is 0 Å². The second-order valence-corrected chi connectivity index (χ2v) is 4.16. The van der Waals surface area contributed by atoms with E-state index in [4.69, 9.17) is 5.73 Å². The van der Waals surface area contributed by atoms with Gasteiger partial charge in [-0.3, -0.25) is 0 Å². The number of anilines is 2. The number of alkyl halides is 2. The molecule has 1 aromatic heterocycles. The molecule has 2 heterocycles. The molecule has 1 fully saturated rings. The first-order valence-corrected chi connectivity index (χ1v) is 5.19. The summed E-state index contributed by atoms with van der Waals surface area (Å²) in [5, 5.41) is 0. The molecule has 0 atom stereocenters. The van der Waals surface area contributed by atoms with Gasteiger partial charge in [-0.05, 0) is 12.1 Å². The number of nitrogens with two attached hydrogens (primary N) is 1. The minimum Gasteiger partial charge on any atom is -0.397 e. The summed E-state index contributed by atoms with van der Waals surface area (Å²) >= 11 is 0. The Morgan fingerprint density at radius 2 is 2.06 bits per heavy atom. The topological polar surface area (TPSA) is 55.0 Å². The first-order chi connectivity index (χ1) is 8.05. The van der Waals surface area contributed by atoms with Crippen LogP contribution in [0, 0.1) is 0 Å². The van der Waals surface area contributed by atoms with E-state index in [0.29, 0.717) is 22.5 Å². The molecule has 1 aliphatic heterocycles. The summed E-state index contributed by atoms with van der Waals surface area (Å²) in [7, 11) is 0. The molecule has 0 radical (unpaired) electrons. The largest absolute Gasteiger partial charge is 0.397 e. The maximum Gasteiger partial charge on any atom is 0.282 e. The fourth-order valence-electron chi connectivity index (χ4n) is 1.88. The number of nitrogen functional groups attached to an aromatic ring is 1. The van der Waals surface area contributed by atoms with Gasteiger partial charge < -0.3 is 10.6 Å². The molecule has 4 nitrogen and oxygen atoms in total. The van der Waals surface area contributed by atoms with Crippen LogP contribution in [0.5, 0.6) is 0 Å². The number of para-hydroxylation sites is 1. The average Bonchev–Trinajstić information content (AvgIpc) is 2.25. The van der Waals surface area contributed by atoms with Crippen molar-refractivity contribution in [2.45, 2.75) is 5.92 Å². The fourth-order valence-corrected chi connectivity index (χ4v) is 1.88. The van der Waals surface area contributed by atoms with Crippen molar-refractivity contribution in [3.8, 4) is 0 Å². The number of aromatic nitrogens is 2. The quantitative estimate of drug-likeness (QED) is 0.765. The molecule has 0 spiro atoms. The molecule has 0 saturated carbocycles. The van der Waals surface area contributed by atoms with Gasteiger partial charge in [0.05, 0.1) is 30.5 Å². The third kappa shape index (κ3) is 1.65. The normalized spacial score (nSPS) is 18.1. The van der Waals surface area contributed by atoms with Crippen LogP contribution < -0.4 is 10.6 Å². The molecular formula is C11H10F2N4. The number of hydrogen-bond acceptors (Lipinski definition) is 4. The van der Waals surface area contributed by atoms with Gasteiger partial charge in [-0.15, -0.1) is 0 Å². The lowest BCUT2D eigenvalue weighted by Crippen LogP contribution is -2.56. The zero-order chi connectivity index (χ0) is 12.0. The lowest BCUT2D eigenvalue weighted by molar-refractivity contribution is -0.0267. The summed E-state index contributed by atoms with van der Waals surface area (Å²) in [5.74, 6) is -2.14. The summed E-state index contributed by atoms with van der Waals surface area (Å²) in [6.07, 6.45) is 1.48. The summed E-state index contributed by atoms with van der Waals surface area (Å²) < 4.78 is 25.5. The number of halogens is 2. The van der Waals surface area contributed by atoms with E-state index in [9.17, 15) is 8.78 Å². The maximum atomic E-state index is 12.7. The number of benzene rings is 1. The van der Waals surface area contributed by atoms with Crippen molar-refractivity contribution in [2.24, 2.45) is 0 Å². The SMILES string of the molecule is Nc1cccc2nc(N3CC(F)(F)C3)cnc12. The predicted octanol–water partition coefficient (Wildman–Crippen LogP) is 1.67. The molecule has 6 heteroatoms. The van der Waals surface area contributed by atoms with E-state index in [1.807, 2.05) is 0 Å². The predicted molar refractivity (Wildman–Crippen MR) is 61.1 cm³/mol. The smallest absolute Gasteiger partial charge is 0.282 e. The van der Waals surface area contributed by atoms with Crippen LogP contribution in [0.1, 0.15) is 0 Å². The lowest BCUT2D eigenvalue weighted by atomic mass is 10.1. The van der Waals surface area contributed by atoms with Gasteiger partial charge in [-0.2, -0.15) is 0 Å². The molecule has 2 aromatic rings. The van der Waals surface area contributed by atoms with Crippen molar-refractivity contribution >= 4 is 22.5 Å². The molecule has 0 bridgehead atoms. The number of fused-ring (bicyclic) bond motifs is 1. The molecule has 88 valence electrons. The molecular weight excluding hydrogens is 226 g/mol. The first-order valence-electron chi connectivity index (χ1n) is 5.19. The van der Waals surface area contributed by atoms with Gasteiger partial charge in [0.15, 0.2) is 0 Å². The number of hydrogen-bond donors (Lipinski definition) is 1. The van der Waals surface area contributed by atoms with E-state index in [2.05, 4.69) is 9.97 Å². The highest BCUT2D eigenvalue weighted by atomic mass is 19.3. The van der Waals surface area contributed by atoms with Crippen molar-refractivity contribution in [1.29, 1.82) is 0 Å². The Morgan fingerprint density at radius 3 is 2.76 bits per heavy atom. The van der Waals surface area contributed by atoms with Crippen LogP contribution >= 0.6 is 0 Å². The third-order valence-electron chi connectivity index (χ3n) is 2.76. The standard InChI is InChI=1S/C11H10F2N4/c12-11(13)5-17(6-11)9-4-15-10-7(14)2-1-3-8(10)16-9/h1-4H,5-6,14H2. The molecule has 0 unspecified atom stereocenters. The second kappa shape index (κ2) is 3.26. The fraction of sp³-hybridized carbons (Fsp3) is 0.273. The molecule has 1 saturated heterocycles. The summed E-state index contributed by atoms with van der Waals surface area (Å²) in [5.41, 5.74) is 7.50. The first kappa shape index (κ1) is 10.2. The van der Waals surface area contributed by atoms with E-state index in [0.717, 1.165) is 0 Å². The Hall–Kier alpha value is -1.98. The molecule has 1 aliphatic rings. The molecule has 2 N–H and O–H groups in total. The summed E-state index contributed by atoms with van der Waals surface area (Å²) in [6.45, 7) is -0.592. The second-order valence-electron chi connectivity index (χ2n) is 4.16. The van der Waals surface area contributed by atoms with Gasteiger partial charge in [-0.1, -0.05) is 6.07 Å². The minimum absolute atomic E-state index is 0.296. The summed E-state index contributed by atoms with van der Waals surface area (Å²) in [4.78, 5) is 9.93. The summed E-state index contributed by atoms with van der Waals surface area (Å²) in [6, 6.07) is 5.26. The highest BCUT2D eigenvalue weighted by Crippen LogP contribution is 2.31. The van der Waals surface area contributed by atoms with E-state index in [1.165, 1.54) is 11.1 Å². The van der Waals surface area contributed by atoms with Gasteiger partial charge in [0.25, 0.3) is 5.92 Å².